The van der Waals surface area contributed by atoms with Gasteiger partial charge in [-0.3, -0.25) is 4.90 Å². The molecule has 0 radical (unpaired) electrons. The van der Waals surface area contributed by atoms with Crippen molar-refractivity contribution in [2.24, 2.45) is 0 Å². The third-order valence-electron chi connectivity index (χ3n) is 4.59. The summed E-state index contributed by atoms with van der Waals surface area (Å²) < 4.78 is 11.1. The third kappa shape index (κ3) is 3.70. The van der Waals surface area contributed by atoms with Crippen molar-refractivity contribution in [1.29, 1.82) is 0 Å². The Morgan fingerprint density at radius 1 is 1.25 bits per heavy atom. The summed E-state index contributed by atoms with van der Waals surface area (Å²) in [4.78, 5) is 4.68. The largest absolute Gasteiger partial charge is 0.497 e. The fraction of sp³-hybridized carbons (Fsp3) is 0.556. The van der Waals surface area contributed by atoms with E-state index >= 15 is 0 Å². The van der Waals surface area contributed by atoms with Crippen LogP contribution in [0.25, 0.3) is 0 Å². The summed E-state index contributed by atoms with van der Waals surface area (Å²) in [5.74, 6) is 2.36. The zero-order valence-electron chi connectivity index (χ0n) is 14.7. The Hall–Kier alpha value is -2.08. The molecule has 0 amide bonds. The molecule has 0 spiro atoms. The standard InChI is InChI=1S/C18H26N4O2/c1-4-17-19-20-18(24-17)16-7-5-6-12-22(16)13-21(2)14-8-10-15(23-3)11-9-14/h8-11,16H,4-7,12-13H2,1-3H3/t16-/m0/s1. The maximum absolute atomic E-state index is 5.82. The molecular weight excluding hydrogens is 304 g/mol. The SMILES string of the molecule is CCc1nnc([C@@H]2CCCCN2CN(C)c2ccc(OC)cc2)o1. The normalized spacial score (nSPS) is 18.5. The number of aromatic nitrogens is 2. The minimum atomic E-state index is 0.215. The predicted octanol–water partition coefficient (Wildman–Crippen LogP) is 3.26. The number of aryl methyl sites for hydroxylation is 1. The molecule has 3 rings (SSSR count). The van der Waals surface area contributed by atoms with Gasteiger partial charge < -0.3 is 14.1 Å². The van der Waals surface area contributed by atoms with Crippen LogP contribution in [0.15, 0.2) is 28.7 Å². The van der Waals surface area contributed by atoms with Crippen LogP contribution in [0.5, 0.6) is 5.75 Å². The summed E-state index contributed by atoms with van der Waals surface area (Å²) >= 11 is 0. The number of ether oxygens (including phenoxy) is 1. The molecule has 1 atom stereocenters. The van der Waals surface area contributed by atoms with Gasteiger partial charge >= 0.3 is 0 Å². The highest BCUT2D eigenvalue weighted by Gasteiger charge is 2.29. The minimum Gasteiger partial charge on any atom is -0.497 e. The third-order valence-corrected chi connectivity index (χ3v) is 4.59. The number of piperidine rings is 1. The molecule has 0 N–H and O–H groups in total. The molecular formula is C18H26N4O2. The van der Waals surface area contributed by atoms with E-state index in [2.05, 4.69) is 39.2 Å². The summed E-state index contributed by atoms with van der Waals surface area (Å²) in [6.45, 7) is 3.92. The Labute approximate surface area is 143 Å². The number of rotatable bonds is 6. The molecule has 0 bridgehead atoms. The molecule has 0 saturated carbocycles. The summed E-state index contributed by atoms with van der Waals surface area (Å²) in [5, 5.41) is 8.40. The smallest absolute Gasteiger partial charge is 0.233 e. The monoisotopic (exact) mass is 330 g/mol. The summed E-state index contributed by atoms with van der Waals surface area (Å²) in [6.07, 6.45) is 4.27. The Bertz CT molecular complexity index is 641. The van der Waals surface area contributed by atoms with E-state index in [1.165, 1.54) is 18.5 Å². The molecule has 0 unspecified atom stereocenters. The average Bonchev–Trinajstić information content (AvgIpc) is 3.11. The highest BCUT2D eigenvalue weighted by molar-refractivity contribution is 5.48. The van der Waals surface area contributed by atoms with E-state index in [1.807, 2.05) is 19.1 Å². The van der Waals surface area contributed by atoms with Crippen LogP contribution in [-0.2, 0) is 6.42 Å². The molecule has 1 fully saturated rings. The van der Waals surface area contributed by atoms with E-state index in [9.17, 15) is 0 Å². The Morgan fingerprint density at radius 3 is 2.71 bits per heavy atom. The Balaban J connectivity index is 1.70. The van der Waals surface area contributed by atoms with Gasteiger partial charge in [-0.25, -0.2) is 0 Å². The lowest BCUT2D eigenvalue weighted by Crippen LogP contribution is -2.41. The lowest BCUT2D eigenvalue weighted by atomic mass is 10.0. The fourth-order valence-corrected chi connectivity index (χ4v) is 3.17. The lowest BCUT2D eigenvalue weighted by molar-refractivity contribution is 0.126. The number of methoxy groups -OCH3 is 1. The van der Waals surface area contributed by atoms with Gasteiger partial charge in [-0.1, -0.05) is 13.3 Å². The van der Waals surface area contributed by atoms with Crippen LogP contribution in [0, 0.1) is 0 Å². The van der Waals surface area contributed by atoms with E-state index in [4.69, 9.17) is 9.15 Å². The Kier molecular flexibility index (Phi) is 5.35. The van der Waals surface area contributed by atoms with E-state index in [0.717, 1.165) is 43.6 Å². The van der Waals surface area contributed by atoms with Gasteiger partial charge in [-0.2, -0.15) is 0 Å². The molecule has 6 heteroatoms. The van der Waals surface area contributed by atoms with Crippen LogP contribution in [0.1, 0.15) is 44.0 Å². The van der Waals surface area contributed by atoms with E-state index in [-0.39, 0.29) is 6.04 Å². The second kappa shape index (κ2) is 7.66. The first-order valence-electron chi connectivity index (χ1n) is 8.62. The van der Waals surface area contributed by atoms with E-state index in [1.54, 1.807) is 7.11 Å². The van der Waals surface area contributed by atoms with E-state index < -0.39 is 0 Å². The second-order valence-corrected chi connectivity index (χ2v) is 6.25. The highest BCUT2D eigenvalue weighted by atomic mass is 16.5. The maximum Gasteiger partial charge on any atom is 0.233 e. The molecule has 1 aliphatic rings. The number of anilines is 1. The first kappa shape index (κ1) is 16.8. The van der Waals surface area contributed by atoms with Crippen LogP contribution in [0.4, 0.5) is 5.69 Å². The highest BCUT2D eigenvalue weighted by Crippen LogP contribution is 2.31. The number of nitrogens with zero attached hydrogens (tertiary/aromatic N) is 4. The van der Waals surface area contributed by atoms with Crippen molar-refractivity contribution in [3.05, 3.63) is 36.0 Å². The molecule has 130 valence electrons. The van der Waals surface area contributed by atoms with Gasteiger partial charge in [0.15, 0.2) is 0 Å². The number of hydrogen-bond acceptors (Lipinski definition) is 6. The van der Waals surface area contributed by atoms with Gasteiger partial charge in [0.1, 0.15) is 5.75 Å². The van der Waals surface area contributed by atoms with Crippen LogP contribution >= 0.6 is 0 Å². The molecule has 1 aromatic heterocycles. The van der Waals surface area contributed by atoms with Crippen LogP contribution in [-0.4, -0.2) is 42.5 Å². The molecule has 1 saturated heterocycles. The summed E-state index contributed by atoms with van der Waals surface area (Å²) in [5.41, 5.74) is 1.17. The van der Waals surface area contributed by atoms with Crippen molar-refractivity contribution in [1.82, 2.24) is 15.1 Å². The van der Waals surface area contributed by atoms with Gasteiger partial charge in [0.05, 0.1) is 19.8 Å². The van der Waals surface area contributed by atoms with Crippen molar-refractivity contribution >= 4 is 5.69 Å². The average molecular weight is 330 g/mol. The summed E-state index contributed by atoms with van der Waals surface area (Å²) in [7, 11) is 3.80. The van der Waals surface area contributed by atoms with Crippen molar-refractivity contribution in [2.75, 3.05) is 32.3 Å². The molecule has 6 nitrogen and oxygen atoms in total. The van der Waals surface area contributed by atoms with Gasteiger partial charge in [-0.15, -0.1) is 10.2 Å². The fourth-order valence-electron chi connectivity index (χ4n) is 3.17. The second-order valence-electron chi connectivity index (χ2n) is 6.25. The van der Waals surface area contributed by atoms with Gasteiger partial charge in [0, 0.05) is 25.7 Å². The lowest BCUT2D eigenvalue weighted by Gasteiger charge is -2.36. The summed E-state index contributed by atoms with van der Waals surface area (Å²) in [6, 6.07) is 8.36. The molecule has 2 aromatic rings. The number of likely N-dealkylation sites (tertiary alicyclic amines) is 1. The quantitative estimate of drug-likeness (QED) is 0.810. The zero-order chi connectivity index (χ0) is 16.9. The van der Waals surface area contributed by atoms with Crippen LogP contribution in [0.3, 0.4) is 0 Å². The molecule has 1 aromatic carbocycles. The van der Waals surface area contributed by atoms with Gasteiger partial charge in [-0.05, 0) is 37.1 Å². The first-order valence-corrected chi connectivity index (χ1v) is 8.62. The van der Waals surface area contributed by atoms with Crippen molar-refractivity contribution in [3.63, 3.8) is 0 Å². The van der Waals surface area contributed by atoms with Crippen molar-refractivity contribution in [2.45, 2.75) is 38.6 Å². The van der Waals surface area contributed by atoms with Crippen LogP contribution < -0.4 is 9.64 Å². The van der Waals surface area contributed by atoms with Gasteiger partial charge in [0.2, 0.25) is 11.8 Å². The molecule has 2 heterocycles. The van der Waals surface area contributed by atoms with Gasteiger partial charge in [0.25, 0.3) is 0 Å². The van der Waals surface area contributed by atoms with Crippen molar-refractivity contribution in [3.8, 4) is 5.75 Å². The Morgan fingerprint density at radius 2 is 2.04 bits per heavy atom. The minimum absolute atomic E-state index is 0.215. The molecule has 0 aliphatic carbocycles. The van der Waals surface area contributed by atoms with E-state index in [0.29, 0.717) is 0 Å². The van der Waals surface area contributed by atoms with Crippen molar-refractivity contribution < 1.29 is 9.15 Å². The predicted molar refractivity (Wildman–Crippen MR) is 93.2 cm³/mol. The zero-order valence-corrected chi connectivity index (χ0v) is 14.7. The molecule has 1 aliphatic heterocycles. The number of hydrogen-bond donors (Lipinski definition) is 0. The first-order chi connectivity index (χ1) is 11.7. The maximum atomic E-state index is 5.82. The van der Waals surface area contributed by atoms with Crippen LogP contribution in [0.2, 0.25) is 0 Å². The molecule has 24 heavy (non-hydrogen) atoms. The topological polar surface area (TPSA) is 54.6 Å². The number of benzene rings is 1.